The summed E-state index contributed by atoms with van der Waals surface area (Å²) in [5.41, 5.74) is 1.05. The smallest absolute Gasteiger partial charge is 0.184 e. The van der Waals surface area contributed by atoms with Crippen molar-refractivity contribution >= 4 is 8.32 Å². The van der Waals surface area contributed by atoms with Gasteiger partial charge < -0.3 is 9.16 Å². The Balaban J connectivity index is 2.35. The predicted molar refractivity (Wildman–Crippen MR) is 81.7 cm³/mol. The van der Waals surface area contributed by atoms with Crippen LogP contribution in [0.15, 0.2) is 30.3 Å². The van der Waals surface area contributed by atoms with Crippen LogP contribution in [0.2, 0.25) is 19.6 Å². The van der Waals surface area contributed by atoms with E-state index in [0.717, 1.165) is 0 Å². The summed E-state index contributed by atoms with van der Waals surface area (Å²) in [6.07, 6.45) is 0.222. The van der Waals surface area contributed by atoms with Crippen LogP contribution < -0.4 is 0 Å². The molecule has 3 heteroatoms. The maximum atomic E-state index is 6.62. The highest BCUT2D eigenvalue weighted by molar-refractivity contribution is 6.69. The molecule has 3 atom stereocenters. The number of benzene rings is 1. The van der Waals surface area contributed by atoms with Crippen molar-refractivity contribution in [1.29, 1.82) is 0 Å². The SMILES string of the molecule is CC(C)[C@@]1(O[Si](C)(C)C)[C@H](C)O[C@@H]1c1ccccc1. The molecule has 1 aromatic carbocycles. The van der Waals surface area contributed by atoms with Crippen LogP contribution in [0.3, 0.4) is 0 Å². The Morgan fingerprint density at radius 1 is 1.16 bits per heavy atom. The van der Waals surface area contributed by atoms with Gasteiger partial charge in [-0.05, 0) is 38.0 Å². The molecule has 0 unspecified atom stereocenters. The molecule has 0 amide bonds. The van der Waals surface area contributed by atoms with Crippen LogP contribution in [0.1, 0.15) is 32.4 Å². The first-order valence-electron chi connectivity index (χ1n) is 7.18. The van der Waals surface area contributed by atoms with E-state index < -0.39 is 8.32 Å². The largest absolute Gasteiger partial charge is 0.406 e. The van der Waals surface area contributed by atoms with Crippen molar-refractivity contribution in [3.8, 4) is 0 Å². The lowest BCUT2D eigenvalue weighted by atomic mass is 9.73. The summed E-state index contributed by atoms with van der Waals surface area (Å²) in [5, 5.41) is 0. The van der Waals surface area contributed by atoms with Crippen molar-refractivity contribution < 1.29 is 9.16 Å². The molecular weight excluding hydrogens is 252 g/mol. The van der Waals surface area contributed by atoms with Crippen LogP contribution in [-0.4, -0.2) is 20.0 Å². The molecule has 1 aromatic rings. The molecule has 0 bridgehead atoms. The van der Waals surface area contributed by atoms with Gasteiger partial charge >= 0.3 is 0 Å². The molecule has 2 rings (SSSR count). The fourth-order valence-electron chi connectivity index (χ4n) is 3.08. The van der Waals surface area contributed by atoms with E-state index >= 15 is 0 Å². The molecule has 0 N–H and O–H groups in total. The van der Waals surface area contributed by atoms with Crippen molar-refractivity contribution in [1.82, 2.24) is 0 Å². The lowest BCUT2D eigenvalue weighted by Gasteiger charge is -2.59. The molecule has 106 valence electrons. The van der Waals surface area contributed by atoms with Crippen molar-refractivity contribution in [2.75, 3.05) is 0 Å². The Morgan fingerprint density at radius 2 is 1.74 bits per heavy atom. The average Bonchev–Trinajstić information content (AvgIpc) is 2.32. The van der Waals surface area contributed by atoms with Gasteiger partial charge in [0, 0.05) is 0 Å². The lowest BCUT2D eigenvalue weighted by Crippen LogP contribution is -2.66. The first kappa shape index (κ1) is 14.8. The van der Waals surface area contributed by atoms with E-state index in [9.17, 15) is 0 Å². The van der Waals surface area contributed by atoms with E-state index in [1.807, 2.05) is 6.07 Å². The lowest BCUT2D eigenvalue weighted by molar-refractivity contribution is -0.297. The van der Waals surface area contributed by atoms with E-state index in [0.29, 0.717) is 5.92 Å². The zero-order valence-corrected chi connectivity index (χ0v) is 13.9. The minimum atomic E-state index is -1.62. The summed E-state index contributed by atoms with van der Waals surface area (Å²) >= 11 is 0. The fourth-order valence-corrected chi connectivity index (χ4v) is 4.65. The molecule has 1 heterocycles. The van der Waals surface area contributed by atoms with Crippen LogP contribution in [0.5, 0.6) is 0 Å². The van der Waals surface area contributed by atoms with Crippen LogP contribution >= 0.6 is 0 Å². The molecule has 1 aliphatic heterocycles. The van der Waals surface area contributed by atoms with Gasteiger partial charge in [-0.3, -0.25) is 0 Å². The Morgan fingerprint density at radius 3 is 2.16 bits per heavy atom. The van der Waals surface area contributed by atoms with Crippen molar-refractivity contribution in [2.45, 2.75) is 58.2 Å². The predicted octanol–water partition coefficient (Wildman–Crippen LogP) is 4.39. The number of hydrogen-bond acceptors (Lipinski definition) is 2. The van der Waals surface area contributed by atoms with Crippen LogP contribution in [0.4, 0.5) is 0 Å². The number of hydrogen-bond donors (Lipinski definition) is 0. The van der Waals surface area contributed by atoms with Gasteiger partial charge in [0.05, 0.1) is 6.10 Å². The molecule has 19 heavy (non-hydrogen) atoms. The first-order valence-corrected chi connectivity index (χ1v) is 10.6. The van der Waals surface area contributed by atoms with Crippen LogP contribution in [0, 0.1) is 5.92 Å². The standard InChI is InChI=1S/C16H26O2Si/c1-12(2)16(18-19(4,5)6)13(3)17-15(16)14-10-8-7-9-11-14/h7-13,15H,1-6H3/t13-,15+,16+/m0/s1. The quantitative estimate of drug-likeness (QED) is 0.760. The minimum Gasteiger partial charge on any atom is -0.406 e. The van der Waals surface area contributed by atoms with E-state index in [-0.39, 0.29) is 17.8 Å². The Labute approximate surface area is 118 Å². The highest BCUT2D eigenvalue weighted by Gasteiger charge is 2.59. The third-order valence-electron chi connectivity index (χ3n) is 3.87. The van der Waals surface area contributed by atoms with Crippen molar-refractivity contribution in [3.63, 3.8) is 0 Å². The zero-order valence-electron chi connectivity index (χ0n) is 12.9. The van der Waals surface area contributed by atoms with Gasteiger partial charge in [0.1, 0.15) is 11.7 Å². The summed E-state index contributed by atoms with van der Waals surface area (Å²) < 4.78 is 12.7. The van der Waals surface area contributed by atoms with Crippen LogP contribution in [0.25, 0.3) is 0 Å². The maximum Gasteiger partial charge on any atom is 0.184 e. The summed E-state index contributed by atoms with van der Waals surface area (Å²) in [7, 11) is -1.62. The maximum absolute atomic E-state index is 6.62. The van der Waals surface area contributed by atoms with E-state index in [1.54, 1.807) is 0 Å². The molecule has 0 aromatic heterocycles. The number of ether oxygens (including phenoxy) is 1. The first-order chi connectivity index (χ1) is 8.77. The Kier molecular flexibility index (Phi) is 3.91. The average molecular weight is 278 g/mol. The second-order valence-corrected chi connectivity index (χ2v) is 11.2. The van der Waals surface area contributed by atoms with Gasteiger partial charge in [0.25, 0.3) is 0 Å². The summed E-state index contributed by atoms with van der Waals surface area (Å²) in [6.45, 7) is 13.4. The van der Waals surface area contributed by atoms with Gasteiger partial charge in [-0.2, -0.15) is 0 Å². The molecule has 1 aliphatic rings. The summed E-state index contributed by atoms with van der Waals surface area (Å²) in [5.74, 6) is 0.438. The third-order valence-corrected chi connectivity index (χ3v) is 4.84. The van der Waals surface area contributed by atoms with Gasteiger partial charge in [-0.15, -0.1) is 0 Å². The molecule has 0 radical (unpaired) electrons. The molecule has 2 nitrogen and oxygen atoms in total. The second kappa shape index (κ2) is 5.04. The highest BCUT2D eigenvalue weighted by Crippen LogP contribution is 2.52. The van der Waals surface area contributed by atoms with Gasteiger partial charge in [-0.25, -0.2) is 0 Å². The van der Waals surface area contributed by atoms with Crippen LogP contribution in [-0.2, 0) is 9.16 Å². The molecule has 1 fully saturated rings. The van der Waals surface area contributed by atoms with Gasteiger partial charge in [0.15, 0.2) is 8.32 Å². The monoisotopic (exact) mass is 278 g/mol. The fraction of sp³-hybridized carbons (Fsp3) is 0.625. The molecule has 0 aliphatic carbocycles. The summed E-state index contributed by atoms with van der Waals surface area (Å²) in [4.78, 5) is 0. The normalized spacial score (nSPS) is 31.3. The molecule has 1 saturated heterocycles. The highest BCUT2D eigenvalue weighted by atomic mass is 28.4. The summed E-state index contributed by atoms with van der Waals surface area (Å²) in [6, 6.07) is 10.5. The minimum absolute atomic E-state index is 0.0652. The second-order valence-electron chi connectivity index (χ2n) is 6.79. The zero-order chi connectivity index (χ0) is 14.3. The third kappa shape index (κ3) is 2.64. The molecule has 0 spiro atoms. The molecular formula is C16H26O2Si. The van der Waals surface area contributed by atoms with Crippen molar-refractivity contribution in [2.24, 2.45) is 5.92 Å². The number of rotatable bonds is 4. The van der Waals surface area contributed by atoms with E-state index in [1.165, 1.54) is 5.56 Å². The Hall–Kier alpha value is -0.643. The topological polar surface area (TPSA) is 18.5 Å². The Bertz CT molecular complexity index is 417. The van der Waals surface area contributed by atoms with Gasteiger partial charge in [0.2, 0.25) is 0 Å². The van der Waals surface area contributed by atoms with Crippen molar-refractivity contribution in [3.05, 3.63) is 35.9 Å². The molecule has 0 saturated carbocycles. The van der Waals surface area contributed by atoms with E-state index in [4.69, 9.17) is 9.16 Å². The van der Waals surface area contributed by atoms with Gasteiger partial charge in [-0.1, -0.05) is 44.2 Å². The van der Waals surface area contributed by atoms with E-state index in [2.05, 4.69) is 64.7 Å².